The van der Waals surface area contributed by atoms with Gasteiger partial charge in [0.25, 0.3) is 0 Å². The molecule has 0 saturated carbocycles. The number of benzene rings is 3. The number of H-pyrrole nitrogens is 1. The monoisotopic (exact) mass is 695 g/mol. The molecule has 0 amide bonds. The van der Waals surface area contributed by atoms with E-state index >= 15 is 8.78 Å². The minimum absolute atomic E-state index is 0.0206. The lowest BCUT2D eigenvalue weighted by Gasteiger charge is -2.27. The van der Waals surface area contributed by atoms with Gasteiger partial charge in [0.2, 0.25) is 0 Å². The molecule has 12 heteroatoms. The van der Waals surface area contributed by atoms with Gasteiger partial charge in [0.05, 0.1) is 34.5 Å². The number of halogens is 3. The first kappa shape index (κ1) is 33.7. The number of fused-ring (bicyclic) bond motifs is 7. The van der Waals surface area contributed by atoms with Gasteiger partial charge in [0, 0.05) is 40.7 Å². The number of hydrogen-bond acceptors (Lipinski definition) is 5. The van der Waals surface area contributed by atoms with Crippen LogP contribution in [0, 0.1) is 17.0 Å². The Morgan fingerprint density at radius 1 is 1.15 bits per heavy atom. The topological polar surface area (TPSA) is 114 Å². The number of hydrogen-bond donors (Lipinski definition) is 2. The summed E-state index contributed by atoms with van der Waals surface area (Å²) >= 11 is 6.72. The number of aliphatic carboxylic acids is 1. The van der Waals surface area contributed by atoms with Gasteiger partial charge >= 0.3 is 5.97 Å². The quantitative estimate of drug-likeness (QED) is 0.195. The van der Waals surface area contributed by atoms with E-state index in [4.69, 9.17) is 16.3 Å². The van der Waals surface area contributed by atoms with Crippen molar-refractivity contribution in [2.45, 2.75) is 58.4 Å². The molecule has 48 heavy (non-hydrogen) atoms. The first-order valence-electron chi connectivity index (χ1n) is 15.8. The molecule has 2 N–H and O–H groups in total. The van der Waals surface area contributed by atoms with E-state index in [2.05, 4.69) is 10.1 Å². The number of ether oxygens (including phenoxy) is 1. The second-order valence-electron chi connectivity index (χ2n) is 13.2. The summed E-state index contributed by atoms with van der Waals surface area (Å²) in [6.07, 6.45) is 5.09. The molecule has 1 aliphatic rings. The van der Waals surface area contributed by atoms with Crippen LogP contribution in [0.3, 0.4) is 0 Å². The van der Waals surface area contributed by atoms with Gasteiger partial charge in [-0.25, -0.2) is 17.2 Å². The van der Waals surface area contributed by atoms with Crippen molar-refractivity contribution < 1.29 is 31.8 Å². The minimum Gasteiger partial charge on any atom is -0.481 e. The summed E-state index contributed by atoms with van der Waals surface area (Å²) in [4.78, 5) is 14.3. The molecule has 3 aromatic carbocycles. The van der Waals surface area contributed by atoms with Crippen LogP contribution in [0.4, 0.5) is 8.78 Å². The first-order valence-corrected chi connectivity index (χ1v) is 18.0. The molecule has 0 saturated heterocycles. The molecule has 1 aliphatic heterocycles. The van der Waals surface area contributed by atoms with Gasteiger partial charge in [0.15, 0.2) is 21.4 Å². The molecule has 3 heterocycles. The van der Waals surface area contributed by atoms with E-state index in [0.29, 0.717) is 47.8 Å². The molecule has 252 valence electrons. The Morgan fingerprint density at radius 3 is 2.75 bits per heavy atom. The van der Waals surface area contributed by atoms with Gasteiger partial charge in [-0.05, 0) is 66.5 Å². The Balaban J connectivity index is 1.51. The summed E-state index contributed by atoms with van der Waals surface area (Å²) in [5.41, 5.74) is 2.35. The van der Waals surface area contributed by atoms with Crippen LogP contribution in [0.2, 0.25) is 5.02 Å². The van der Waals surface area contributed by atoms with Crippen molar-refractivity contribution in [2.75, 3.05) is 11.5 Å². The minimum atomic E-state index is -3.58. The van der Waals surface area contributed by atoms with Gasteiger partial charge in [-0.15, -0.1) is 0 Å². The van der Waals surface area contributed by atoms with Crippen molar-refractivity contribution in [3.05, 3.63) is 100 Å². The molecule has 0 spiro atoms. The molecule has 5 aromatic rings. The Labute approximate surface area is 282 Å². The zero-order valence-corrected chi connectivity index (χ0v) is 28.2. The maximum absolute atomic E-state index is 15.7. The number of carbonyl (C=O) groups is 1. The maximum Gasteiger partial charge on any atom is 0.303 e. The van der Waals surface area contributed by atoms with Crippen LogP contribution in [-0.4, -0.2) is 45.8 Å². The highest BCUT2D eigenvalue weighted by Crippen LogP contribution is 2.41. The number of rotatable bonds is 4. The van der Waals surface area contributed by atoms with Crippen molar-refractivity contribution >= 4 is 38.3 Å². The number of carboxylic acids is 1. The molecule has 8 nitrogen and oxygen atoms in total. The van der Waals surface area contributed by atoms with E-state index in [9.17, 15) is 18.3 Å². The summed E-state index contributed by atoms with van der Waals surface area (Å²) in [5.74, 6) is -2.46. The number of aryl methyl sites for hydroxylation is 2. The third kappa shape index (κ3) is 7.27. The summed E-state index contributed by atoms with van der Waals surface area (Å²) in [6.45, 7) is 3.83. The average molecular weight is 696 g/mol. The van der Waals surface area contributed by atoms with Crippen LogP contribution in [0.1, 0.15) is 62.3 Å². The van der Waals surface area contributed by atoms with Crippen LogP contribution >= 0.6 is 11.6 Å². The molecule has 0 aliphatic carbocycles. The third-order valence-electron chi connectivity index (χ3n) is 8.89. The average Bonchev–Trinajstić information content (AvgIpc) is 3.64. The summed E-state index contributed by atoms with van der Waals surface area (Å²) in [7, 11) is -3.58. The fourth-order valence-electron chi connectivity index (χ4n) is 6.69. The molecular weight excluding hydrogens is 660 g/mol. The van der Waals surface area contributed by atoms with Crippen molar-refractivity contribution in [3.8, 4) is 22.8 Å². The first-order chi connectivity index (χ1) is 22.8. The number of carboxylic acid groups (broad SMARTS) is 1. The van der Waals surface area contributed by atoms with Gasteiger partial charge in [-0.3, -0.25) is 9.48 Å². The van der Waals surface area contributed by atoms with Gasteiger partial charge in [-0.1, -0.05) is 56.1 Å². The zero-order valence-electron chi connectivity index (χ0n) is 26.6. The smallest absolute Gasteiger partial charge is 0.303 e. The van der Waals surface area contributed by atoms with Crippen molar-refractivity contribution in [3.63, 3.8) is 0 Å². The Kier molecular flexibility index (Phi) is 9.37. The second kappa shape index (κ2) is 13.4. The highest BCUT2D eigenvalue weighted by molar-refractivity contribution is 7.91. The van der Waals surface area contributed by atoms with Crippen LogP contribution in [0.5, 0.6) is 11.5 Å². The number of aromatic amines is 1. The predicted molar refractivity (Wildman–Crippen MR) is 181 cm³/mol. The van der Waals surface area contributed by atoms with Gasteiger partial charge in [-0.2, -0.15) is 5.10 Å². The van der Waals surface area contributed by atoms with E-state index in [-0.39, 0.29) is 46.4 Å². The molecule has 0 radical (unpaired) electrons. The fourth-order valence-corrected chi connectivity index (χ4v) is 8.91. The molecular formula is C36H36ClF2N3O5S. The van der Waals surface area contributed by atoms with Gasteiger partial charge < -0.3 is 14.8 Å². The van der Waals surface area contributed by atoms with Crippen LogP contribution in [-0.2, 0) is 27.5 Å². The number of aromatic nitrogens is 3. The van der Waals surface area contributed by atoms with Crippen LogP contribution in [0.25, 0.3) is 22.2 Å². The van der Waals surface area contributed by atoms with Gasteiger partial charge in [0.1, 0.15) is 11.6 Å². The lowest BCUT2D eigenvalue weighted by molar-refractivity contribution is -0.136. The largest absolute Gasteiger partial charge is 0.481 e. The predicted octanol–water partition coefficient (Wildman–Crippen LogP) is 8.53. The summed E-state index contributed by atoms with van der Waals surface area (Å²) in [5, 5.41) is 14.7. The number of nitrogens with one attached hydrogen (secondary N) is 1. The highest BCUT2D eigenvalue weighted by atomic mass is 35.5. The fraction of sp³-hybridized carbons (Fsp3) is 0.333. The van der Waals surface area contributed by atoms with E-state index in [1.165, 1.54) is 30.5 Å². The SMILES string of the molecule is CC1(C)CCCC(c2cccc(CCC(=O)O)c2)n2ncc(Cl)c2-c2cc(ccc2F)Oc2c(F)cc3[nH]ccc3c2CCS(=O)(=O)C1. The zero-order chi connectivity index (χ0) is 34.2. The summed E-state index contributed by atoms with van der Waals surface area (Å²) < 4.78 is 66.2. The van der Waals surface area contributed by atoms with E-state index in [1.807, 2.05) is 38.1 Å². The molecule has 0 fully saturated rings. The summed E-state index contributed by atoms with van der Waals surface area (Å²) in [6, 6.07) is 14.2. The molecule has 1 atom stereocenters. The van der Waals surface area contributed by atoms with Crippen molar-refractivity contribution in [1.82, 2.24) is 14.8 Å². The van der Waals surface area contributed by atoms with Crippen LogP contribution in [0.15, 0.2) is 67.0 Å². The third-order valence-corrected chi connectivity index (χ3v) is 11.2. The normalized spacial score (nSPS) is 18.0. The van der Waals surface area contributed by atoms with E-state index in [0.717, 1.165) is 11.1 Å². The molecule has 2 aromatic heterocycles. The Morgan fingerprint density at radius 2 is 1.96 bits per heavy atom. The maximum atomic E-state index is 15.7. The number of sulfone groups is 1. The van der Waals surface area contributed by atoms with Crippen LogP contribution < -0.4 is 4.74 Å². The van der Waals surface area contributed by atoms with E-state index in [1.54, 1.807) is 16.9 Å². The Bertz CT molecular complexity index is 2110. The van der Waals surface area contributed by atoms with Crippen molar-refractivity contribution in [1.29, 1.82) is 0 Å². The molecule has 2 bridgehead atoms. The standard InChI is InChI=1S/C36H36ClF2N3O5S/c1-36(2)14-4-7-32(23-6-3-5-22(17-23)8-11-33(43)44)42-34(28(37)20-41-42)27-18-24(9-10-29(27)38)47-35-26(13-16-48(45,46)21-36)25-12-15-40-31(25)19-30(35)39/h3,5-6,9-10,12,15,17-20,32,40H,4,7-8,11,13-14,16,21H2,1-2H3,(H,43,44). The highest BCUT2D eigenvalue weighted by Gasteiger charge is 2.30. The van der Waals surface area contributed by atoms with Crippen molar-refractivity contribution in [2.24, 2.45) is 5.41 Å². The number of nitrogens with zero attached hydrogens (tertiary/aromatic N) is 2. The molecule has 6 rings (SSSR count). The Hall–Kier alpha value is -4.22. The molecule has 1 unspecified atom stereocenters. The lowest BCUT2D eigenvalue weighted by Crippen LogP contribution is -2.27. The van der Waals surface area contributed by atoms with E-state index < -0.39 is 38.9 Å². The lowest BCUT2D eigenvalue weighted by atomic mass is 9.87. The second-order valence-corrected chi connectivity index (χ2v) is 15.8.